The van der Waals surface area contributed by atoms with E-state index >= 15 is 0 Å². The third-order valence-corrected chi connectivity index (χ3v) is 11.1. The van der Waals surface area contributed by atoms with Crippen molar-refractivity contribution >= 4 is 19.8 Å². The number of esters is 2. The van der Waals surface area contributed by atoms with Crippen LogP contribution in [0, 0.1) is 0 Å². The largest absolute Gasteiger partial charge is 0.472 e. The Labute approximate surface area is 370 Å². The molecule has 0 bridgehead atoms. The van der Waals surface area contributed by atoms with Crippen molar-refractivity contribution < 1.29 is 68.2 Å². The minimum Gasteiger partial charge on any atom is -0.462 e. The lowest BCUT2D eigenvalue weighted by Gasteiger charge is -2.41. The minimum atomic E-state index is -5.14. The van der Waals surface area contributed by atoms with Gasteiger partial charge >= 0.3 is 19.8 Å². The lowest BCUT2D eigenvalue weighted by molar-refractivity contribution is -0.220. The van der Waals surface area contributed by atoms with Crippen LogP contribution in [0.5, 0.6) is 0 Å². The van der Waals surface area contributed by atoms with Crippen molar-refractivity contribution in [2.24, 2.45) is 0 Å². The molecule has 0 radical (unpaired) electrons. The van der Waals surface area contributed by atoms with Crippen LogP contribution in [0.25, 0.3) is 0 Å². The topological polar surface area (TPSA) is 230 Å². The van der Waals surface area contributed by atoms with Crippen LogP contribution in [0.2, 0.25) is 0 Å². The van der Waals surface area contributed by atoms with E-state index < -0.39 is 81.8 Å². The lowest BCUT2D eigenvalue weighted by atomic mass is 9.85. The first kappa shape index (κ1) is 57.3. The van der Waals surface area contributed by atoms with E-state index in [1.54, 1.807) is 6.08 Å². The first-order valence-corrected chi connectivity index (χ1v) is 24.3. The van der Waals surface area contributed by atoms with Crippen molar-refractivity contribution in [1.82, 2.24) is 0 Å². The molecular weight excluding hydrogens is 819 g/mol. The molecule has 1 rings (SSSR count). The van der Waals surface area contributed by atoms with Crippen LogP contribution in [-0.2, 0) is 32.7 Å². The monoisotopic (exact) mass is 899 g/mol. The molecule has 1 aliphatic carbocycles. The average Bonchev–Trinajstić information content (AvgIpc) is 3.25. The number of rotatable bonds is 36. The van der Waals surface area contributed by atoms with Crippen molar-refractivity contribution in [3.63, 3.8) is 0 Å². The van der Waals surface area contributed by atoms with E-state index in [4.69, 9.17) is 18.5 Å². The quantitative estimate of drug-likeness (QED) is 0.0105. The predicted octanol–water partition coefficient (Wildman–Crippen LogP) is 7.69. The number of carbonyl (C=O) groups is 2. The summed E-state index contributed by atoms with van der Waals surface area (Å²) in [5.74, 6) is -1.20. The van der Waals surface area contributed by atoms with Gasteiger partial charge in [0.2, 0.25) is 0 Å². The zero-order valence-corrected chi connectivity index (χ0v) is 38.1. The van der Waals surface area contributed by atoms with Gasteiger partial charge in [-0.05, 0) is 70.6 Å². The number of hydrogen-bond donors (Lipinski definition) is 7. The number of aliphatic hydroxyl groups is 6. The second-order valence-corrected chi connectivity index (χ2v) is 17.1. The van der Waals surface area contributed by atoms with Gasteiger partial charge in [0.05, 0.1) is 12.7 Å². The number of phosphoric ester groups is 1. The SMILES string of the molecule is CC/C=C\C(O)C/C=C/C=C\C/C=C\C/C=C\CCCC(=O)OC[C@H](COP(=O)(O)OC1[C@H](O)[C@H](O)C(O)[C@H](O)[C@H]1O)OC(=O)CCCCCCCCC/C=C\CCCCCC. The summed E-state index contributed by atoms with van der Waals surface area (Å²) in [5, 5.41) is 59.9. The first-order chi connectivity index (χ1) is 29.8. The fourth-order valence-electron chi connectivity index (χ4n) is 6.40. The van der Waals surface area contributed by atoms with Crippen molar-refractivity contribution in [3.8, 4) is 0 Å². The molecule has 0 amide bonds. The Balaban J connectivity index is 2.53. The molecule has 14 nitrogen and oxygen atoms in total. The zero-order chi connectivity index (χ0) is 45.9. The highest BCUT2D eigenvalue weighted by Crippen LogP contribution is 2.47. The molecular formula is C47H79O14P. The highest BCUT2D eigenvalue weighted by atomic mass is 31.2. The number of carbonyl (C=O) groups excluding carboxylic acids is 2. The van der Waals surface area contributed by atoms with Gasteiger partial charge in [-0.2, -0.15) is 0 Å². The van der Waals surface area contributed by atoms with Gasteiger partial charge in [0.15, 0.2) is 6.10 Å². The smallest absolute Gasteiger partial charge is 0.462 e. The van der Waals surface area contributed by atoms with Crippen molar-refractivity contribution in [2.75, 3.05) is 13.2 Å². The molecule has 0 aromatic heterocycles. The molecule has 4 unspecified atom stereocenters. The van der Waals surface area contributed by atoms with Crippen molar-refractivity contribution in [1.29, 1.82) is 0 Å². The molecule has 0 aromatic carbocycles. The van der Waals surface area contributed by atoms with E-state index in [2.05, 4.69) is 19.1 Å². The van der Waals surface area contributed by atoms with Gasteiger partial charge in [0, 0.05) is 12.8 Å². The van der Waals surface area contributed by atoms with Gasteiger partial charge in [-0.25, -0.2) is 4.57 Å². The average molecular weight is 899 g/mol. The van der Waals surface area contributed by atoms with E-state index in [0.29, 0.717) is 25.7 Å². The predicted molar refractivity (Wildman–Crippen MR) is 241 cm³/mol. The maximum absolute atomic E-state index is 12.8. The summed E-state index contributed by atoms with van der Waals surface area (Å²) >= 11 is 0. The summed E-state index contributed by atoms with van der Waals surface area (Å²) in [6, 6.07) is 0. The van der Waals surface area contributed by atoms with E-state index in [0.717, 1.165) is 70.6 Å². The Morgan fingerprint density at radius 3 is 1.76 bits per heavy atom. The minimum absolute atomic E-state index is 0.0668. The highest BCUT2D eigenvalue weighted by molar-refractivity contribution is 7.47. The summed E-state index contributed by atoms with van der Waals surface area (Å²) in [6.07, 6.45) is 28.7. The highest BCUT2D eigenvalue weighted by Gasteiger charge is 2.51. The molecule has 7 N–H and O–H groups in total. The lowest BCUT2D eigenvalue weighted by Crippen LogP contribution is -2.64. The summed E-state index contributed by atoms with van der Waals surface area (Å²) in [4.78, 5) is 35.7. The molecule has 356 valence electrons. The number of phosphoric acid groups is 1. The maximum Gasteiger partial charge on any atom is 0.472 e. The van der Waals surface area contributed by atoms with Crippen LogP contribution in [0.15, 0.2) is 72.9 Å². The fourth-order valence-corrected chi connectivity index (χ4v) is 7.37. The number of unbranched alkanes of at least 4 members (excludes halogenated alkanes) is 12. The third-order valence-electron chi connectivity index (χ3n) is 10.1. The summed E-state index contributed by atoms with van der Waals surface area (Å²) < 4.78 is 33.4. The maximum atomic E-state index is 12.8. The Morgan fingerprint density at radius 1 is 0.597 bits per heavy atom. The van der Waals surface area contributed by atoms with Crippen LogP contribution < -0.4 is 0 Å². The molecule has 0 heterocycles. The van der Waals surface area contributed by atoms with E-state index in [1.165, 1.54) is 25.7 Å². The number of ether oxygens (including phenoxy) is 2. The van der Waals surface area contributed by atoms with Crippen LogP contribution >= 0.6 is 7.82 Å². The van der Waals surface area contributed by atoms with E-state index in [1.807, 2.05) is 61.6 Å². The van der Waals surface area contributed by atoms with Crippen LogP contribution in [0.3, 0.4) is 0 Å². The molecule has 15 heteroatoms. The van der Waals surface area contributed by atoms with Crippen molar-refractivity contribution in [3.05, 3.63) is 72.9 Å². The van der Waals surface area contributed by atoms with Crippen LogP contribution in [0.4, 0.5) is 0 Å². The molecule has 1 aliphatic rings. The summed E-state index contributed by atoms with van der Waals surface area (Å²) in [5.41, 5.74) is 0. The Bertz CT molecular complexity index is 1380. The van der Waals surface area contributed by atoms with Gasteiger partial charge in [-0.1, -0.05) is 138 Å². The molecule has 1 saturated carbocycles. The second-order valence-electron chi connectivity index (χ2n) is 15.7. The summed E-state index contributed by atoms with van der Waals surface area (Å²) in [7, 11) is -5.14. The molecule has 62 heavy (non-hydrogen) atoms. The fraction of sp³-hybridized carbons (Fsp3) is 0.702. The molecule has 0 spiro atoms. The first-order valence-electron chi connectivity index (χ1n) is 22.8. The molecule has 0 saturated heterocycles. The standard InChI is InChI=1S/C47H79O14P/c1-3-5-7-8-9-10-11-12-13-14-19-22-25-28-31-35-41(50)60-39(37-59-62(56,57)61-47-45(54)43(52)42(51)44(53)46(47)55)36-58-40(49)34-30-27-24-21-18-16-15-17-20-23-26-29-33-38(48)32-6-4-2/h6,10-11,15-16,20-21,23-24,26,29,32,38-39,42-48,51-55H,3-5,7-9,12-14,17-19,22,25,27-28,30-31,33-37H2,1-2H3,(H,56,57)/b11-10-,16-15-,23-20-,24-21-,29-26+,32-6-/t38?,39-,42?,43-,44+,45-,46-,47?/m1/s1. The normalized spacial score (nSPS) is 23.0. The Morgan fingerprint density at radius 2 is 1.11 bits per heavy atom. The van der Waals surface area contributed by atoms with Gasteiger partial charge in [0.1, 0.15) is 43.2 Å². The summed E-state index contributed by atoms with van der Waals surface area (Å²) in [6.45, 7) is 2.98. The molecule has 0 aliphatic heterocycles. The van der Waals surface area contributed by atoms with Gasteiger partial charge in [0.25, 0.3) is 0 Å². The van der Waals surface area contributed by atoms with E-state index in [9.17, 15) is 49.7 Å². The Hall–Kier alpha value is -2.75. The van der Waals surface area contributed by atoms with Crippen LogP contribution in [0.1, 0.15) is 149 Å². The Kier molecular flexibility index (Phi) is 33.8. The number of aliphatic hydroxyl groups excluding tert-OH is 6. The van der Waals surface area contributed by atoms with Gasteiger partial charge < -0.3 is 45.0 Å². The molecule has 0 aromatic rings. The molecule has 1 fully saturated rings. The second kappa shape index (κ2) is 36.6. The molecule has 9 atom stereocenters. The van der Waals surface area contributed by atoms with Crippen LogP contribution in [-0.4, -0.2) is 110 Å². The zero-order valence-electron chi connectivity index (χ0n) is 37.2. The van der Waals surface area contributed by atoms with Gasteiger partial charge in [-0.15, -0.1) is 0 Å². The van der Waals surface area contributed by atoms with Crippen molar-refractivity contribution in [2.45, 2.75) is 198 Å². The third kappa shape index (κ3) is 28.8. The van der Waals surface area contributed by atoms with Gasteiger partial charge in [-0.3, -0.25) is 18.6 Å². The number of hydrogen-bond acceptors (Lipinski definition) is 13. The van der Waals surface area contributed by atoms with E-state index in [-0.39, 0.29) is 12.8 Å². The number of allylic oxidation sites excluding steroid dienone is 10.